The van der Waals surface area contributed by atoms with Crippen LogP contribution in [0.3, 0.4) is 0 Å². The van der Waals surface area contributed by atoms with Gasteiger partial charge in [0.05, 0.1) is 18.0 Å². The third kappa shape index (κ3) is 3.09. The van der Waals surface area contributed by atoms with Gasteiger partial charge in [-0.25, -0.2) is 9.97 Å². The highest BCUT2D eigenvalue weighted by molar-refractivity contribution is 7.18. The maximum Gasteiger partial charge on any atom is 0.138 e. The first-order valence-corrected chi connectivity index (χ1v) is 8.78. The third-order valence-corrected chi connectivity index (χ3v) is 5.28. The topological polar surface area (TPSA) is 56.3 Å². The first-order valence-electron chi connectivity index (χ1n) is 7.96. The zero-order valence-electron chi connectivity index (χ0n) is 12.7. The molecule has 1 N–H and O–H groups in total. The van der Waals surface area contributed by atoms with Crippen molar-refractivity contribution < 1.29 is 9.47 Å². The highest BCUT2D eigenvalue weighted by Crippen LogP contribution is 2.31. The molecule has 0 aromatic carbocycles. The van der Waals surface area contributed by atoms with Gasteiger partial charge >= 0.3 is 0 Å². The Bertz CT molecular complexity index is 656. The zero-order valence-corrected chi connectivity index (χ0v) is 13.6. The van der Waals surface area contributed by atoms with Gasteiger partial charge in [-0.2, -0.15) is 0 Å². The molecule has 0 amide bonds. The Morgan fingerprint density at radius 1 is 1.36 bits per heavy atom. The monoisotopic (exact) mass is 319 g/mol. The molecule has 2 aliphatic rings. The minimum Gasteiger partial charge on any atom is -0.379 e. The highest BCUT2D eigenvalue weighted by atomic mass is 32.1. The lowest BCUT2D eigenvalue weighted by Crippen LogP contribution is -2.44. The molecular weight excluding hydrogens is 298 g/mol. The van der Waals surface area contributed by atoms with Crippen LogP contribution in [0.15, 0.2) is 12.4 Å². The van der Waals surface area contributed by atoms with E-state index < -0.39 is 0 Å². The molecule has 1 aliphatic carbocycles. The summed E-state index contributed by atoms with van der Waals surface area (Å²) in [4.78, 5) is 11.1. The molecule has 0 radical (unpaired) electrons. The molecule has 1 aliphatic heterocycles. The second-order valence-corrected chi connectivity index (χ2v) is 7.46. The Kier molecular flexibility index (Phi) is 3.98. The normalized spacial score (nSPS) is 25.5. The van der Waals surface area contributed by atoms with E-state index in [-0.39, 0.29) is 12.1 Å². The minimum atomic E-state index is 0.110. The molecule has 0 bridgehead atoms. The standard InChI is InChI=1S/C16H21N3O2S/c1-10-6-12-15(17-9-18-16(12)22-10)19-13-4-5-20-8-14(13)21-7-11-2-3-11/h6,9,11,13-14H,2-5,7-8H2,1H3,(H,17,18,19)/t13-,14-/m1/s1. The smallest absolute Gasteiger partial charge is 0.138 e. The minimum absolute atomic E-state index is 0.110. The van der Waals surface area contributed by atoms with Crippen LogP contribution in [-0.4, -0.2) is 41.9 Å². The summed E-state index contributed by atoms with van der Waals surface area (Å²) in [7, 11) is 0. The first kappa shape index (κ1) is 14.4. The van der Waals surface area contributed by atoms with Gasteiger partial charge in [-0.15, -0.1) is 11.3 Å². The van der Waals surface area contributed by atoms with E-state index in [1.54, 1.807) is 17.7 Å². The van der Waals surface area contributed by atoms with E-state index in [2.05, 4.69) is 28.3 Å². The Hall–Kier alpha value is -1.24. The lowest BCUT2D eigenvalue weighted by Gasteiger charge is -2.32. The van der Waals surface area contributed by atoms with Gasteiger partial charge in [0.25, 0.3) is 0 Å². The van der Waals surface area contributed by atoms with E-state index in [0.717, 1.165) is 41.6 Å². The van der Waals surface area contributed by atoms with Gasteiger partial charge in [0.1, 0.15) is 23.1 Å². The number of hydrogen-bond acceptors (Lipinski definition) is 6. The van der Waals surface area contributed by atoms with Crippen LogP contribution in [0.4, 0.5) is 5.82 Å². The van der Waals surface area contributed by atoms with Crippen molar-refractivity contribution in [1.29, 1.82) is 0 Å². The van der Waals surface area contributed by atoms with E-state index in [9.17, 15) is 0 Å². The van der Waals surface area contributed by atoms with Crippen LogP contribution in [0.2, 0.25) is 0 Å². The van der Waals surface area contributed by atoms with Crippen LogP contribution >= 0.6 is 11.3 Å². The largest absolute Gasteiger partial charge is 0.379 e. The molecule has 118 valence electrons. The van der Waals surface area contributed by atoms with Gasteiger partial charge < -0.3 is 14.8 Å². The predicted molar refractivity (Wildman–Crippen MR) is 87.5 cm³/mol. The van der Waals surface area contributed by atoms with E-state index in [1.165, 1.54) is 17.7 Å². The van der Waals surface area contributed by atoms with Crippen molar-refractivity contribution in [3.63, 3.8) is 0 Å². The number of aromatic nitrogens is 2. The van der Waals surface area contributed by atoms with Gasteiger partial charge in [0, 0.05) is 18.1 Å². The molecule has 0 unspecified atom stereocenters. The average Bonchev–Trinajstić information content (AvgIpc) is 3.26. The van der Waals surface area contributed by atoms with E-state index >= 15 is 0 Å². The van der Waals surface area contributed by atoms with Crippen molar-refractivity contribution in [2.24, 2.45) is 5.92 Å². The van der Waals surface area contributed by atoms with Gasteiger partial charge in [0.15, 0.2) is 0 Å². The number of ether oxygens (including phenoxy) is 2. The fourth-order valence-corrected chi connectivity index (χ4v) is 3.70. The summed E-state index contributed by atoms with van der Waals surface area (Å²) < 4.78 is 11.7. The maximum atomic E-state index is 6.08. The van der Waals surface area contributed by atoms with Crippen molar-refractivity contribution in [3.8, 4) is 0 Å². The Morgan fingerprint density at radius 2 is 2.27 bits per heavy atom. The van der Waals surface area contributed by atoms with Crippen molar-refractivity contribution in [2.45, 2.75) is 38.3 Å². The molecule has 22 heavy (non-hydrogen) atoms. The summed E-state index contributed by atoms with van der Waals surface area (Å²) in [5, 5.41) is 4.69. The van der Waals surface area contributed by atoms with Gasteiger partial charge in [-0.05, 0) is 38.2 Å². The summed E-state index contributed by atoms with van der Waals surface area (Å²) >= 11 is 1.70. The fourth-order valence-electron chi connectivity index (χ4n) is 2.85. The number of fused-ring (bicyclic) bond motifs is 1. The van der Waals surface area contributed by atoms with E-state index in [4.69, 9.17) is 9.47 Å². The Balaban J connectivity index is 1.51. The second-order valence-electron chi connectivity index (χ2n) is 6.23. The van der Waals surface area contributed by atoms with E-state index in [0.29, 0.717) is 6.61 Å². The first-order chi connectivity index (χ1) is 10.8. The molecule has 1 saturated heterocycles. The molecule has 6 heteroatoms. The molecule has 1 saturated carbocycles. The van der Waals surface area contributed by atoms with Gasteiger partial charge in [-0.3, -0.25) is 0 Å². The van der Waals surface area contributed by atoms with Crippen LogP contribution in [0, 0.1) is 12.8 Å². The molecule has 0 spiro atoms. The Morgan fingerprint density at radius 3 is 3.14 bits per heavy atom. The Labute approximate surface area is 134 Å². The number of anilines is 1. The lowest BCUT2D eigenvalue weighted by molar-refractivity contribution is -0.0598. The van der Waals surface area contributed by atoms with Crippen molar-refractivity contribution >= 4 is 27.4 Å². The summed E-state index contributed by atoms with van der Waals surface area (Å²) in [5.74, 6) is 1.69. The number of thiophene rings is 1. The SMILES string of the molecule is Cc1cc2c(N[C@@H]3CCOC[C@H]3OCC3CC3)ncnc2s1. The molecule has 2 fully saturated rings. The van der Waals surface area contributed by atoms with E-state index in [1.807, 2.05) is 0 Å². The third-order valence-electron chi connectivity index (χ3n) is 4.32. The number of nitrogens with zero attached hydrogens (tertiary/aromatic N) is 2. The molecule has 3 heterocycles. The summed E-state index contributed by atoms with van der Waals surface area (Å²) in [6.45, 7) is 4.41. The van der Waals surface area contributed by atoms with Crippen LogP contribution in [0.1, 0.15) is 24.1 Å². The lowest BCUT2D eigenvalue weighted by atomic mass is 10.1. The fraction of sp³-hybridized carbons (Fsp3) is 0.625. The quantitative estimate of drug-likeness (QED) is 0.918. The van der Waals surface area contributed by atoms with Crippen LogP contribution < -0.4 is 5.32 Å². The summed E-state index contributed by atoms with van der Waals surface area (Å²) in [5.41, 5.74) is 0. The highest BCUT2D eigenvalue weighted by Gasteiger charge is 2.30. The molecule has 2 aromatic rings. The number of hydrogen-bond donors (Lipinski definition) is 1. The zero-order chi connectivity index (χ0) is 14.9. The van der Waals surface area contributed by atoms with Crippen LogP contribution in [-0.2, 0) is 9.47 Å². The number of aryl methyl sites for hydroxylation is 1. The molecule has 2 atom stereocenters. The van der Waals surface area contributed by atoms with Gasteiger partial charge in [-0.1, -0.05) is 0 Å². The summed E-state index contributed by atoms with van der Waals surface area (Å²) in [6, 6.07) is 2.41. The average molecular weight is 319 g/mol. The molecule has 5 nitrogen and oxygen atoms in total. The van der Waals surface area contributed by atoms with Crippen molar-refractivity contribution in [2.75, 3.05) is 25.1 Å². The molecule has 4 rings (SSSR count). The summed E-state index contributed by atoms with van der Waals surface area (Å²) in [6.07, 6.45) is 5.32. The van der Waals surface area contributed by atoms with Crippen molar-refractivity contribution in [1.82, 2.24) is 9.97 Å². The van der Waals surface area contributed by atoms with Crippen LogP contribution in [0.5, 0.6) is 0 Å². The molecule has 2 aromatic heterocycles. The molecular formula is C16H21N3O2S. The second kappa shape index (κ2) is 6.10. The number of nitrogens with one attached hydrogen (secondary N) is 1. The maximum absolute atomic E-state index is 6.08. The van der Waals surface area contributed by atoms with Crippen molar-refractivity contribution in [3.05, 3.63) is 17.3 Å². The van der Waals surface area contributed by atoms with Gasteiger partial charge in [0.2, 0.25) is 0 Å². The van der Waals surface area contributed by atoms with Crippen LogP contribution in [0.25, 0.3) is 10.2 Å². The number of rotatable bonds is 5. The predicted octanol–water partition coefficient (Wildman–Crippen LogP) is 3.00.